The molecule has 1 aromatic heterocycles. The summed E-state index contributed by atoms with van der Waals surface area (Å²) in [6.45, 7) is 9.10. The summed E-state index contributed by atoms with van der Waals surface area (Å²) in [6, 6.07) is 10.6. The van der Waals surface area contributed by atoms with Crippen molar-refractivity contribution in [2.45, 2.75) is 39.3 Å². The fourth-order valence-corrected chi connectivity index (χ4v) is 4.16. The Morgan fingerprint density at radius 1 is 1.19 bits per heavy atom. The Morgan fingerprint density at radius 2 is 1.93 bits per heavy atom. The lowest BCUT2D eigenvalue weighted by molar-refractivity contribution is -0.120. The number of para-hydroxylation sites is 1. The molecule has 1 atom stereocenters. The highest BCUT2D eigenvalue weighted by molar-refractivity contribution is 5.96. The number of aromatic nitrogens is 1. The van der Waals surface area contributed by atoms with Crippen molar-refractivity contribution in [3.8, 4) is 0 Å². The Balaban J connectivity index is 1.33. The number of rotatable bonds is 4. The van der Waals surface area contributed by atoms with Crippen LogP contribution in [0, 0.1) is 6.92 Å². The van der Waals surface area contributed by atoms with Gasteiger partial charge in [0.2, 0.25) is 5.91 Å². The number of nitrogens with zero attached hydrogens (tertiary/aromatic N) is 4. The molecule has 6 nitrogen and oxygen atoms in total. The van der Waals surface area contributed by atoms with Crippen molar-refractivity contribution < 1.29 is 9.32 Å². The van der Waals surface area contributed by atoms with Crippen LogP contribution in [-0.2, 0) is 17.8 Å². The van der Waals surface area contributed by atoms with Gasteiger partial charge in [-0.3, -0.25) is 14.6 Å². The lowest BCUT2D eigenvalue weighted by atomic mass is 9.96. The van der Waals surface area contributed by atoms with Crippen LogP contribution in [0.4, 0.5) is 5.69 Å². The molecule has 1 fully saturated rings. The average molecular weight is 368 g/mol. The second-order valence-corrected chi connectivity index (χ2v) is 7.76. The van der Waals surface area contributed by atoms with Crippen LogP contribution in [0.2, 0.25) is 0 Å². The average Bonchev–Trinajstić information content (AvgIpc) is 3.08. The lowest BCUT2D eigenvalue weighted by Crippen LogP contribution is -2.52. The first-order chi connectivity index (χ1) is 13.1. The van der Waals surface area contributed by atoms with E-state index in [1.807, 2.05) is 24.0 Å². The quantitative estimate of drug-likeness (QED) is 0.830. The predicted molar refractivity (Wildman–Crippen MR) is 105 cm³/mol. The van der Waals surface area contributed by atoms with Crippen LogP contribution in [0.25, 0.3) is 0 Å². The molecule has 2 aliphatic heterocycles. The molecule has 4 rings (SSSR count). The standard InChI is InChI=1S/C21H28N4O2/c1-16-7-8-18-5-3-4-6-20(18)25(16)21(26)15-24-11-9-23(10-12-24)14-19-13-17(2)27-22-19/h3-6,13,16H,7-12,14-15H2,1-2H3. The first-order valence-corrected chi connectivity index (χ1v) is 9.87. The second kappa shape index (κ2) is 7.82. The minimum Gasteiger partial charge on any atom is -0.361 e. The third-order valence-corrected chi connectivity index (χ3v) is 5.68. The Labute approximate surface area is 160 Å². The fraction of sp³-hybridized carbons (Fsp3) is 0.524. The van der Waals surface area contributed by atoms with Gasteiger partial charge in [0, 0.05) is 50.5 Å². The van der Waals surface area contributed by atoms with Crippen molar-refractivity contribution in [2.75, 3.05) is 37.6 Å². The molecule has 1 unspecified atom stereocenters. The van der Waals surface area contributed by atoms with Crippen LogP contribution >= 0.6 is 0 Å². The van der Waals surface area contributed by atoms with Crippen molar-refractivity contribution in [3.63, 3.8) is 0 Å². The number of carbonyl (C=O) groups excluding carboxylic acids is 1. The molecule has 2 aliphatic rings. The smallest absolute Gasteiger partial charge is 0.241 e. The molecule has 27 heavy (non-hydrogen) atoms. The van der Waals surface area contributed by atoms with Gasteiger partial charge >= 0.3 is 0 Å². The maximum atomic E-state index is 13.1. The molecule has 1 aromatic carbocycles. The van der Waals surface area contributed by atoms with Crippen LogP contribution < -0.4 is 4.90 Å². The number of fused-ring (bicyclic) bond motifs is 1. The van der Waals surface area contributed by atoms with Crippen LogP contribution in [0.1, 0.15) is 30.4 Å². The summed E-state index contributed by atoms with van der Waals surface area (Å²) in [5, 5.41) is 4.08. The Kier molecular flexibility index (Phi) is 5.27. The molecule has 0 saturated carbocycles. The van der Waals surface area contributed by atoms with Crippen molar-refractivity contribution in [3.05, 3.63) is 47.3 Å². The first-order valence-electron chi connectivity index (χ1n) is 9.87. The van der Waals surface area contributed by atoms with Crippen LogP contribution in [0.5, 0.6) is 0 Å². The highest BCUT2D eigenvalue weighted by Crippen LogP contribution is 2.30. The van der Waals surface area contributed by atoms with Gasteiger partial charge < -0.3 is 9.42 Å². The highest BCUT2D eigenvalue weighted by atomic mass is 16.5. The molecule has 6 heteroatoms. The van der Waals surface area contributed by atoms with Gasteiger partial charge in [0.05, 0.1) is 12.2 Å². The third-order valence-electron chi connectivity index (χ3n) is 5.68. The van der Waals surface area contributed by atoms with E-state index in [0.29, 0.717) is 6.54 Å². The molecule has 144 valence electrons. The van der Waals surface area contributed by atoms with Gasteiger partial charge in [-0.05, 0) is 38.3 Å². The normalized spacial score (nSPS) is 21.3. The summed E-state index contributed by atoms with van der Waals surface area (Å²) in [6.07, 6.45) is 2.09. The summed E-state index contributed by atoms with van der Waals surface area (Å²) in [5.74, 6) is 1.07. The van der Waals surface area contributed by atoms with Crippen molar-refractivity contribution >= 4 is 11.6 Å². The van der Waals surface area contributed by atoms with E-state index in [9.17, 15) is 4.79 Å². The molecular formula is C21H28N4O2. The highest BCUT2D eigenvalue weighted by Gasteiger charge is 2.29. The molecule has 0 bridgehead atoms. The van der Waals surface area contributed by atoms with Crippen LogP contribution in [0.3, 0.4) is 0 Å². The molecular weight excluding hydrogens is 340 g/mol. The van der Waals surface area contributed by atoms with Gasteiger partial charge in [0.1, 0.15) is 5.76 Å². The predicted octanol–water partition coefficient (Wildman–Crippen LogP) is 2.47. The van der Waals surface area contributed by atoms with E-state index in [1.165, 1.54) is 5.56 Å². The van der Waals surface area contributed by atoms with E-state index >= 15 is 0 Å². The largest absolute Gasteiger partial charge is 0.361 e. The van der Waals surface area contributed by atoms with E-state index in [1.54, 1.807) is 0 Å². The van der Waals surface area contributed by atoms with Crippen molar-refractivity contribution in [1.29, 1.82) is 0 Å². The SMILES string of the molecule is Cc1cc(CN2CCN(CC(=O)N3c4ccccc4CCC3C)CC2)no1. The zero-order valence-corrected chi connectivity index (χ0v) is 16.2. The molecule has 0 aliphatic carbocycles. The minimum atomic E-state index is 0.218. The maximum Gasteiger partial charge on any atom is 0.241 e. The van der Waals surface area contributed by atoms with Crippen molar-refractivity contribution in [2.24, 2.45) is 0 Å². The summed E-state index contributed by atoms with van der Waals surface area (Å²) >= 11 is 0. The van der Waals surface area contributed by atoms with E-state index in [-0.39, 0.29) is 11.9 Å². The molecule has 3 heterocycles. The van der Waals surface area contributed by atoms with E-state index in [0.717, 1.165) is 62.7 Å². The van der Waals surface area contributed by atoms with Gasteiger partial charge in [-0.15, -0.1) is 0 Å². The first kappa shape index (κ1) is 18.2. The zero-order chi connectivity index (χ0) is 18.8. The number of hydrogen-bond donors (Lipinski definition) is 0. The number of amides is 1. The molecule has 1 amide bonds. The number of piperazine rings is 1. The van der Waals surface area contributed by atoms with Gasteiger partial charge in [0.25, 0.3) is 0 Å². The Bertz CT molecular complexity index is 795. The van der Waals surface area contributed by atoms with E-state index in [4.69, 9.17) is 4.52 Å². The lowest BCUT2D eigenvalue weighted by Gasteiger charge is -2.38. The van der Waals surface area contributed by atoms with Crippen LogP contribution in [-0.4, -0.2) is 59.6 Å². The Morgan fingerprint density at radius 3 is 2.67 bits per heavy atom. The van der Waals surface area contributed by atoms with Gasteiger partial charge in [-0.2, -0.15) is 0 Å². The molecule has 1 saturated heterocycles. The van der Waals surface area contributed by atoms with E-state index in [2.05, 4.69) is 40.1 Å². The van der Waals surface area contributed by atoms with Gasteiger partial charge in [0.15, 0.2) is 0 Å². The monoisotopic (exact) mass is 368 g/mol. The van der Waals surface area contributed by atoms with Crippen molar-refractivity contribution in [1.82, 2.24) is 15.0 Å². The topological polar surface area (TPSA) is 52.8 Å². The molecule has 0 spiro atoms. The number of anilines is 1. The summed E-state index contributed by atoms with van der Waals surface area (Å²) in [7, 11) is 0. The Hall–Kier alpha value is -2.18. The number of aryl methyl sites for hydroxylation is 2. The van der Waals surface area contributed by atoms with Crippen LogP contribution in [0.15, 0.2) is 34.9 Å². The molecule has 0 N–H and O–H groups in total. The fourth-order valence-electron chi connectivity index (χ4n) is 4.16. The summed E-state index contributed by atoms with van der Waals surface area (Å²) in [5.41, 5.74) is 3.37. The van der Waals surface area contributed by atoms with Gasteiger partial charge in [-0.1, -0.05) is 23.4 Å². The minimum absolute atomic E-state index is 0.218. The second-order valence-electron chi connectivity index (χ2n) is 7.76. The summed E-state index contributed by atoms with van der Waals surface area (Å²) in [4.78, 5) is 19.7. The maximum absolute atomic E-state index is 13.1. The molecule has 0 radical (unpaired) electrons. The third kappa shape index (κ3) is 4.06. The van der Waals surface area contributed by atoms with Gasteiger partial charge in [-0.25, -0.2) is 0 Å². The number of carbonyl (C=O) groups is 1. The number of benzene rings is 1. The zero-order valence-electron chi connectivity index (χ0n) is 16.2. The number of hydrogen-bond acceptors (Lipinski definition) is 5. The van der Waals surface area contributed by atoms with E-state index < -0.39 is 0 Å². The molecule has 2 aromatic rings. The summed E-state index contributed by atoms with van der Waals surface area (Å²) < 4.78 is 5.15.